The Kier molecular flexibility index (Phi) is 4.26. The molecule has 1 aromatic carbocycles. The zero-order valence-electron chi connectivity index (χ0n) is 10.3. The summed E-state index contributed by atoms with van der Waals surface area (Å²) >= 11 is 5.91. The average Bonchev–Trinajstić information content (AvgIpc) is 2.77. The van der Waals surface area contributed by atoms with Crippen LogP contribution in [-0.2, 0) is 6.18 Å². The van der Waals surface area contributed by atoms with Gasteiger partial charge in [0.05, 0.1) is 16.3 Å². The first kappa shape index (κ1) is 14.5. The molecule has 0 amide bonds. The van der Waals surface area contributed by atoms with Gasteiger partial charge in [-0.3, -0.25) is 0 Å². The van der Waals surface area contributed by atoms with E-state index < -0.39 is 11.7 Å². The Balaban J connectivity index is 2.29. The molecule has 2 nitrogen and oxygen atoms in total. The topological polar surface area (TPSA) is 38.0 Å². The zero-order valence-corrected chi connectivity index (χ0v) is 11.1. The van der Waals surface area contributed by atoms with E-state index in [2.05, 4.69) is 5.32 Å². The monoisotopic (exact) mass is 292 g/mol. The van der Waals surface area contributed by atoms with E-state index >= 15 is 0 Å². The minimum atomic E-state index is -4.41. The number of anilines is 1. The summed E-state index contributed by atoms with van der Waals surface area (Å²) < 4.78 is 38.9. The van der Waals surface area contributed by atoms with Crippen molar-refractivity contribution in [2.45, 2.75) is 31.5 Å². The van der Waals surface area contributed by atoms with Gasteiger partial charge in [0.15, 0.2) is 0 Å². The molecule has 1 aliphatic rings. The van der Waals surface area contributed by atoms with E-state index in [-0.39, 0.29) is 22.7 Å². The van der Waals surface area contributed by atoms with Crippen LogP contribution < -0.4 is 11.1 Å². The fourth-order valence-electron chi connectivity index (χ4n) is 2.60. The highest BCUT2D eigenvalue weighted by Crippen LogP contribution is 2.40. The van der Waals surface area contributed by atoms with Crippen LogP contribution in [-0.4, -0.2) is 12.6 Å². The van der Waals surface area contributed by atoms with Gasteiger partial charge < -0.3 is 11.1 Å². The Morgan fingerprint density at radius 3 is 2.68 bits per heavy atom. The molecule has 19 heavy (non-hydrogen) atoms. The number of alkyl halides is 3. The lowest BCUT2D eigenvalue weighted by Gasteiger charge is -2.24. The van der Waals surface area contributed by atoms with Gasteiger partial charge in [-0.2, -0.15) is 13.2 Å². The van der Waals surface area contributed by atoms with Crippen molar-refractivity contribution in [2.75, 3.05) is 11.9 Å². The lowest BCUT2D eigenvalue weighted by molar-refractivity contribution is -0.137. The van der Waals surface area contributed by atoms with Crippen molar-refractivity contribution in [3.63, 3.8) is 0 Å². The number of halogens is 4. The van der Waals surface area contributed by atoms with E-state index in [9.17, 15) is 13.2 Å². The molecule has 0 heterocycles. The van der Waals surface area contributed by atoms with Gasteiger partial charge in [-0.25, -0.2) is 0 Å². The van der Waals surface area contributed by atoms with Gasteiger partial charge in [0, 0.05) is 6.04 Å². The summed E-state index contributed by atoms with van der Waals surface area (Å²) in [5.74, 6) is 0.206. The molecule has 6 heteroatoms. The molecule has 2 atom stereocenters. The minimum absolute atomic E-state index is 0.0259. The van der Waals surface area contributed by atoms with Gasteiger partial charge in [-0.15, -0.1) is 0 Å². The molecule has 0 radical (unpaired) electrons. The first-order valence-corrected chi connectivity index (χ1v) is 6.63. The number of hydrogen-bond acceptors (Lipinski definition) is 2. The van der Waals surface area contributed by atoms with Crippen LogP contribution in [0.4, 0.5) is 18.9 Å². The third kappa shape index (κ3) is 3.15. The third-order valence-corrected chi connectivity index (χ3v) is 3.93. The Morgan fingerprint density at radius 2 is 2.05 bits per heavy atom. The number of nitrogens with two attached hydrogens (primary N) is 1. The molecular weight excluding hydrogens is 277 g/mol. The molecular formula is C13H16ClF3N2. The standard InChI is InChI=1S/C13H16ClF3N2/c14-10-5-2-4-9(13(15,16)17)12(10)19-11-6-1-3-8(11)7-18/h2,4-5,8,11,19H,1,3,6-7,18H2. The average molecular weight is 293 g/mol. The predicted octanol–water partition coefficient (Wildman–Crippen LogP) is 3.90. The van der Waals surface area contributed by atoms with Gasteiger partial charge in [0.2, 0.25) is 0 Å². The summed E-state index contributed by atoms with van der Waals surface area (Å²) in [6.45, 7) is 0.476. The Morgan fingerprint density at radius 1 is 1.32 bits per heavy atom. The summed E-state index contributed by atoms with van der Waals surface area (Å²) in [6, 6.07) is 3.78. The third-order valence-electron chi connectivity index (χ3n) is 3.61. The van der Waals surface area contributed by atoms with Crippen LogP contribution in [0.5, 0.6) is 0 Å². The quantitative estimate of drug-likeness (QED) is 0.887. The molecule has 0 bridgehead atoms. The highest BCUT2D eigenvalue weighted by molar-refractivity contribution is 6.33. The summed E-state index contributed by atoms with van der Waals surface area (Å²) in [6.07, 6.45) is -1.67. The van der Waals surface area contributed by atoms with Crippen molar-refractivity contribution >= 4 is 17.3 Å². The van der Waals surface area contributed by atoms with E-state index in [1.807, 2.05) is 0 Å². The summed E-state index contributed by atoms with van der Waals surface area (Å²) in [5, 5.41) is 3.05. The highest BCUT2D eigenvalue weighted by atomic mass is 35.5. The number of hydrogen-bond donors (Lipinski definition) is 2. The fourth-order valence-corrected chi connectivity index (χ4v) is 2.83. The van der Waals surface area contributed by atoms with Crippen LogP contribution in [0, 0.1) is 5.92 Å². The van der Waals surface area contributed by atoms with Gasteiger partial charge in [-0.1, -0.05) is 24.1 Å². The normalized spacial score (nSPS) is 23.6. The molecule has 0 spiro atoms. The maximum absolute atomic E-state index is 13.0. The summed E-state index contributed by atoms with van der Waals surface area (Å²) in [4.78, 5) is 0. The minimum Gasteiger partial charge on any atom is -0.380 e. The van der Waals surface area contributed by atoms with Crippen molar-refractivity contribution in [1.82, 2.24) is 0 Å². The number of benzene rings is 1. The summed E-state index contributed by atoms with van der Waals surface area (Å²) in [5.41, 5.74) is 4.90. The van der Waals surface area contributed by atoms with Gasteiger partial charge in [0.25, 0.3) is 0 Å². The van der Waals surface area contributed by atoms with Crippen molar-refractivity contribution in [3.8, 4) is 0 Å². The van der Waals surface area contributed by atoms with E-state index in [1.54, 1.807) is 0 Å². The van der Waals surface area contributed by atoms with E-state index in [1.165, 1.54) is 12.1 Å². The second kappa shape index (κ2) is 5.59. The second-order valence-corrected chi connectivity index (χ2v) is 5.24. The molecule has 1 saturated carbocycles. The van der Waals surface area contributed by atoms with Gasteiger partial charge in [-0.05, 0) is 37.4 Å². The van der Waals surface area contributed by atoms with Gasteiger partial charge >= 0.3 is 6.18 Å². The van der Waals surface area contributed by atoms with Crippen LogP contribution in [0.25, 0.3) is 0 Å². The Bertz CT molecular complexity index is 448. The molecule has 106 valence electrons. The molecule has 1 aliphatic carbocycles. The van der Waals surface area contributed by atoms with Crippen LogP contribution in [0.1, 0.15) is 24.8 Å². The smallest absolute Gasteiger partial charge is 0.380 e. The lowest BCUT2D eigenvalue weighted by atomic mass is 10.0. The molecule has 3 N–H and O–H groups in total. The van der Waals surface area contributed by atoms with E-state index in [0.29, 0.717) is 6.54 Å². The van der Waals surface area contributed by atoms with Gasteiger partial charge in [0.1, 0.15) is 0 Å². The molecule has 2 unspecified atom stereocenters. The van der Waals surface area contributed by atoms with Crippen LogP contribution in [0.2, 0.25) is 5.02 Å². The maximum atomic E-state index is 13.0. The maximum Gasteiger partial charge on any atom is 0.418 e. The number of para-hydroxylation sites is 1. The Hall–Kier alpha value is -0.940. The first-order chi connectivity index (χ1) is 8.93. The lowest BCUT2D eigenvalue weighted by Crippen LogP contribution is -2.30. The molecule has 0 saturated heterocycles. The number of nitrogens with one attached hydrogen (secondary N) is 1. The molecule has 2 rings (SSSR count). The van der Waals surface area contributed by atoms with Crippen LogP contribution in [0.15, 0.2) is 18.2 Å². The van der Waals surface area contributed by atoms with Crippen molar-refractivity contribution in [3.05, 3.63) is 28.8 Å². The number of rotatable bonds is 3. The zero-order chi connectivity index (χ0) is 14.0. The predicted molar refractivity (Wildman–Crippen MR) is 70.3 cm³/mol. The highest BCUT2D eigenvalue weighted by Gasteiger charge is 2.36. The second-order valence-electron chi connectivity index (χ2n) is 4.84. The van der Waals surface area contributed by atoms with Crippen molar-refractivity contribution in [2.24, 2.45) is 11.7 Å². The van der Waals surface area contributed by atoms with E-state index in [4.69, 9.17) is 17.3 Å². The Labute approximate surface area is 115 Å². The first-order valence-electron chi connectivity index (χ1n) is 6.25. The van der Waals surface area contributed by atoms with E-state index in [0.717, 1.165) is 25.3 Å². The summed E-state index contributed by atoms with van der Waals surface area (Å²) in [7, 11) is 0. The van der Waals surface area contributed by atoms with Crippen molar-refractivity contribution < 1.29 is 13.2 Å². The molecule has 1 aromatic rings. The fraction of sp³-hybridized carbons (Fsp3) is 0.538. The molecule has 1 fully saturated rings. The largest absolute Gasteiger partial charge is 0.418 e. The van der Waals surface area contributed by atoms with Crippen LogP contribution >= 0.6 is 11.6 Å². The molecule has 0 aromatic heterocycles. The van der Waals surface area contributed by atoms with Crippen LogP contribution in [0.3, 0.4) is 0 Å². The SMILES string of the molecule is NCC1CCCC1Nc1c(Cl)cccc1C(F)(F)F. The molecule has 0 aliphatic heterocycles. The van der Waals surface area contributed by atoms with Crippen molar-refractivity contribution in [1.29, 1.82) is 0 Å².